The van der Waals surface area contributed by atoms with Gasteiger partial charge in [-0.3, -0.25) is 9.69 Å². The molecule has 1 atom stereocenters. The van der Waals surface area contributed by atoms with Crippen molar-refractivity contribution in [1.29, 1.82) is 0 Å². The van der Waals surface area contributed by atoms with Crippen LogP contribution in [0, 0.1) is 5.95 Å². The fourth-order valence-corrected chi connectivity index (χ4v) is 5.21. The zero-order chi connectivity index (χ0) is 28.4. The predicted molar refractivity (Wildman–Crippen MR) is 152 cm³/mol. The number of alkyl carbamates (subject to hydrolysis) is 1. The number of nitrogens with one attached hydrogen (secondary N) is 2. The van der Waals surface area contributed by atoms with E-state index in [9.17, 15) is 14.0 Å². The standard InChI is InChI=1S/C29H34FN7O3/c1-17(2)36-10-12-37(13-11-36)22-7-4-18(5-8-22)24-26(30)35-27(31)25(34-24)19-6-9-23-20(14-19)15-21(33-28(23)38)16-40-29(39)32-3/h4-9,14,17,21H,10-13,15-16H2,1-3H3,(H2,31,35)(H,32,39)(H,33,38). The molecule has 3 aromatic rings. The topological polar surface area (TPSA) is 126 Å². The molecule has 0 radical (unpaired) electrons. The molecule has 1 fully saturated rings. The van der Waals surface area contributed by atoms with Gasteiger partial charge in [-0.05, 0) is 50.1 Å². The number of amides is 2. The van der Waals surface area contributed by atoms with E-state index in [1.165, 1.54) is 7.05 Å². The molecule has 0 bridgehead atoms. The summed E-state index contributed by atoms with van der Waals surface area (Å²) >= 11 is 0. The molecule has 11 heteroatoms. The van der Waals surface area contributed by atoms with E-state index in [0.717, 1.165) is 37.4 Å². The minimum Gasteiger partial charge on any atom is -0.447 e. The number of fused-ring (bicyclic) bond motifs is 1. The van der Waals surface area contributed by atoms with Crippen LogP contribution in [0.25, 0.3) is 22.5 Å². The normalized spacial score (nSPS) is 17.4. The third-order valence-corrected chi connectivity index (χ3v) is 7.48. The molecule has 2 aliphatic rings. The van der Waals surface area contributed by atoms with E-state index in [-0.39, 0.29) is 30.1 Å². The quantitative estimate of drug-likeness (QED) is 0.430. The van der Waals surface area contributed by atoms with Gasteiger partial charge in [0.1, 0.15) is 18.0 Å². The molecule has 40 heavy (non-hydrogen) atoms. The first-order valence-electron chi connectivity index (χ1n) is 13.4. The van der Waals surface area contributed by atoms with Crippen molar-refractivity contribution in [3.8, 4) is 22.5 Å². The first-order valence-corrected chi connectivity index (χ1v) is 13.4. The van der Waals surface area contributed by atoms with Gasteiger partial charge in [-0.1, -0.05) is 18.2 Å². The molecule has 0 spiro atoms. The average molecular weight is 548 g/mol. The second-order valence-electron chi connectivity index (χ2n) is 10.4. The van der Waals surface area contributed by atoms with Crippen molar-refractivity contribution in [2.75, 3.05) is 50.5 Å². The number of hydrogen-bond donors (Lipinski definition) is 3. The van der Waals surface area contributed by atoms with Crippen LogP contribution >= 0.6 is 0 Å². The molecule has 1 unspecified atom stereocenters. The summed E-state index contributed by atoms with van der Waals surface area (Å²) in [7, 11) is 1.47. The lowest BCUT2D eigenvalue weighted by atomic mass is 9.93. The Hall–Kier alpha value is -4.25. The molecule has 10 nitrogen and oxygen atoms in total. The summed E-state index contributed by atoms with van der Waals surface area (Å²) in [6.07, 6.45) is -0.127. The highest BCUT2D eigenvalue weighted by Gasteiger charge is 2.26. The monoisotopic (exact) mass is 547 g/mol. The SMILES string of the molecule is CNC(=O)OCC1Cc2cc(-c3nc(-c4ccc(N5CCN(C(C)C)CC5)cc4)c(F)nc3N)ccc2C(=O)N1. The van der Waals surface area contributed by atoms with Crippen LogP contribution in [0.2, 0.25) is 0 Å². The van der Waals surface area contributed by atoms with E-state index in [0.29, 0.717) is 34.8 Å². The van der Waals surface area contributed by atoms with E-state index in [1.807, 2.05) is 30.3 Å². The molecular formula is C29H34FN7O3. The van der Waals surface area contributed by atoms with E-state index >= 15 is 0 Å². The number of nitrogens with two attached hydrogens (primary N) is 1. The largest absolute Gasteiger partial charge is 0.447 e. The molecule has 2 aliphatic heterocycles. The zero-order valence-corrected chi connectivity index (χ0v) is 22.9. The van der Waals surface area contributed by atoms with Crippen molar-refractivity contribution in [1.82, 2.24) is 25.5 Å². The van der Waals surface area contributed by atoms with E-state index in [2.05, 4.69) is 44.2 Å². The lowest BCUT2D eigenvalue weighted by molar-refractivity contribution is 0.0876. The van der Waals surface area contributed by atoms with Crippen molar-refractivity contribution in [3.05, 3.63) is 59.5 Å². The number of aromatic nitrogens is 2. The Labute approximate surface area is 232 Å². The summed E-state index contributed by atoms with van der Waals surface area (Å²) < 4.78 is 20.1. The number of carbonyl (C=O) groups is 2. The number of benzene rings is 2. The second-order valence-corrected chi connectivity index (χ2v) is 10.4. The molecule has 2 amide bonds. The van der Waals surface area contributed by atoms with E-state index < -0.39 is 12.0 Å². The van der Waals surface area contributed by atoms with Crippen LogP contribution in [0.3, 0.4) is 0 Å². The Morgan fingerprint density at radius 1 is 1.10 bits per heavy atom. The maximum atomic E-state index is 15.0. The van der Waals surface area contributed by atoms with Crippen molar-refractivity contribution >= 4 is 23.5 Å². The van der Waals surface area contributed by atoms with Crippen LogP contribution < -0.4 is 21.3 Å². The fraction of sp³-hybridized carbons (Fsp3) is 0.379. The number of rotatable bonds is 6. The predicted octanol–water partition coefficient (Wildman–Crippen LogP) is 3.07. The lowest BCUT2D eigenvalue weighted by Gasteiger charge is -2.38. The number of piperazine rings is 1. The van der Waals surface area contributed by atoms with Crippen LogP contribution in [0.15, 0.2) is 42.5 Å². The van der Waals surface area contributed by atoms with E-state index in [4.69, 9.17) is 10.5 Å². The molecule has 1 saturated heterocycles. The van der Waals surface area contributed by atoms with Crippen molar-refractivity contribution in [2.24, 2.45) is 0 Å². The highest BCUT2D eigenvalue weighted by atomic mass is 19.1. The summed E-state index contributed by atoms with van der Waals surface area (Å²) in [5.74, 6) is -1.05. The Morgan fingerprint density at radius 2 is 1.80 bits per heavy atom. The van der Waals surface area contributed by atoms with Gasteiger partial charge < -0.3 is 26.0 Å². The van der Waals surface area contributed by atoms with Crippen LogP contribution in [-0.2, 0) is 11.2 Å². The fourth-order valence-electron chi connectivity index (χ4n) is 5.21. The molecule has 1 aromatic heterocycles. The third kappa shape index (κ3) is 5.69. The highest BCUT2D eigenvalue weighted by molar-refractivity contribution is 5.97. The zero-order valence-electron chi connectivity index (χ0n) is 22.9. The molecule has 5 rings (SSSR count). The number of nitrogens with zero attached hydrogens (tertiary/aromatic N) is 4. The molecule has 4 N–H and O–H groups in total. The third-order valence-electron chi connectivity index (χ3n) is 7.48. The van der Waals surface area contributed by atoms with Gasteiger partial charge in [0.05, 0.1) is 6.04 Å². The summed E-state index contributed by atoms with van der Waals surface area (Å²) in [6, 6.07) is 13.0. The van der Waals surface area contributed by atoms with E-state index in [1.54, 1.807) is 12.1 Å². The van der Waals surface area contributed by atoms with Gasteiger partial charge in [-0.15, -0.1) is 0 Å². The number of nitrogen functional groups attached to an aromatic ring is 1. The Bertz CT molecular complexity index is 1410. The van der Waals surface area contributed by atoms with Crippen molar-refractivity contribution in [3.63, 3.8) is 0 Å². The van der Waals surface area contributed by atoms with Gasteiger partial charge in [0.25, 0.3) is 5.91 Å². The number of anilines is 2. The number of halogens is 1. The molecule has 0 aliphatic carbocycles. The summed E-state index contributed by atoms with van der Waals surface area (Å²) in [4.78, 5) is 37.4. The van der Waals surface area contributed by atoms with Gasteiger partial charge in [-0.2, -0.15) is 9.37 Å². The highest BCUT2D eigenvalue weighted by Crippen LogP contribution is 2.31. The first-order chi connectivity index (χ1) is 19.2. The van der Waals surface area contributed by atoms with Crippen LogP contribution in [0.1, 0.15) is 29.8 Å². The molecule has 210 valence electrons. The van der Waals surface area contributed by atoms with Crippen LogP contribution in [0.5, 0.6) is 0 Å². The molecule has 3 heterocycles. The van der Waals surface area contributed by atoms with Gasteiger partial charge in [0, 0.05) is 61.6 Å². The summed E-state index contributed by atoms with van der Waals surface area (Å²) in [5.41, 5.74) is 10.1. The minimum absolute atomic E-state index is 0.0289. The number of ether oxygens (including phenoxy) is 1. The molecular weight excluding hydrogens is 513 g/mol. The smallest absolute Gasteiger partial charge is 0.406 e. The van der Waals surface area contributed by atoms with Crippen LogP contribution in [-0.4, -0.2) is 78.8 Å². The van der Waals surface area contributed by atoms with Gasteiger partial charge >= 0.3 is 6.09 Å². The lowest BCUT2D eigenvalue weighted by Crippen LogP contribution is -2.48. The molecule has 2 aromatic carbocycles. The van der Waals surface area contributed by atoms with Crippen LogP contribution in [0.4, 0.5) is 20.7 Å². The van der Waals surface area contributed by atoms with Gasteiger partial charge in [-0.25, -0.2) is 9.78 Å². The molecule has 0 saturated carbocycles. The van der Waals surface area contributed by atoms with Crippen molar-refractivity contribution < 1.29 is 18.7 Å². The minimum atomic E-state index is -0.747. The van der Waals surface area contributed by atoms with Gasteiger partial charge in [0.15, 0.2) is 5.82 Å². The summed E-state index contributed by atoms with van der Waals surface area (Å²) in [6.45, 7) is 8.34. The Balaban J connectivity index is 1.37. The Morgan fingerprint density at radius 3 is 2.48 bits per heavy atom. The van der Waals surface area contributed by atoms with Crippen molar-refractivity contribution in [2.45, 2.75) is 32.4 Å². The second kappa shape index (κ2) is 11.5. The number of hydrogen-bond acceptors (Lipinski definition) is 8. The number of carbonyl (C=O) groups excluding carboxylic acids is 2. The maximum Gasteiger partial charge on any atom is 0.406 e. The first kappa shape index (κ1) is 27.3. The van der Waals surface area contributed by atoms with Gasteiger partial charge in [0.2, 0.25) is 5.95 Å². The Kier molecular flexibility index (Phi) is 7.83. The maximum absolute atomic E-state index is 15.0. The summed E-state index contributed by atoms with van der Waals surface area (Å²) in [5, 5.41) is 5.23. The average Bonchev–Trinajstić information content (AvgIpc) is 2.96.